The van der Waals surface area contributed by atoms with E-state index in [9.17, 15) is 24.5 Å². The fraction of sp³-hybridized carbons (Fsp3) is 0.375. The van der Waals surface area contributed by atoms with Crippen LogP contribution < -0.4 is 0 Å². The third-order valence-corrected chi connectivity index (χ3v) is 6.98. The number of non-ortho nitro benzene ring substituents is 1. The van der Waals surface area contributed by atoms with Crippen LogP contribution in [0.1, 0.15) is 18.4 Å². The van der Waals surface area contributed by atoms with Crippen LogP contribution in [0.3, 0.4) is 0 Å². The van der Waals surface area contributed by atoms with E-state index in [4.69, 9.17) is 30.6 Å². The molecule has 12 nitrogen and oxygen atoms in total. The van der Waals surface area contributed by atoms with Crippen LogP contribution in [0, 0.1) is 10.1 Å². The lowest BCUT2D eigenvalue weighted by atomic mass is 9.89. The number of likely N-dealkylation sites (tertiary alicyclic amines) is 1. The lowest BCUT2D eigenvalue weighted by Gasteiger charge is -2.40. The molecular weight excluding hydrogens is 510 g/mol. The van der Waals surface area contributed by atoms with E-state index in [0.717, 1.165) is 11.1 Å². The Kier molecular flexibility index (Phi) is 6.71. The van der Waals surface area contributed by atoms with Gasteiger partial charge in [-0.25, -0.2) is 14.4 Å². The van der Waals surface area contributed by atoms with Crippen molar-refractivity contribution in [2.24, 2.45) is 0 Å². The van der Waals surface area contributed by atoms with E-state index in [1.54, 1.807) is 0 Å². The number of hydrogen-bond acceptors (Lipinski definition) is 10. The SMILES string of the molecule is O=C1OC2N(OC1=O)C(=O)OC21CCN(CCOCc2ccc(-c3cc([N+](=O)[O-])ccc3Cl)cc2)CC1. The number of esters is 1. The molecule has 0 radical (unpaired) electrons. The van der Waals surface area contributed by atoms with Crippen LogP contribution in [-0.4, -0.2) is 71.0 Å². The van der Waals surface area contributed by atoms with Crippen molar-refractivity contribution < 1.29 is 38.4 Å². The molecule has 1 amide bonds. The van der Waals surface area contributed by atoms with Gasteiger partial charge in [-0.2, -0.15) is 0 Å². The molecule has 2 aromatic carbocycles. The highest BCUT2D eigenvalue weighted by molar-refractivity contribution is 6.33. The molecule has 5 rings (SSSR count). The summed E-state index contributed by atoms with van der Waals surface area (Å²) in [6.45, 7) is 2.65. The Hall–Kier alpha value is -3.74. The molecule has 3 fully saturated rings. The lowest BCUT2D eigenvalue weighted by molar-refractivity contribution is -0.384. The summed E-state index contributed by atoms with van der Waals surface area (Å²) in [5.74, 6) is -2.39. The molecule has 3 aliphatic heterocycles. The fourth-order valence-corrected chi connectivity index (χ4v) is 4.84. The maximum Gasteiger partial charge on any atom is 0.447 e. The number of nitro benzene ring substituents is 1. The first-order valence-electron chi connectivity index (χ1n) is 11.5. The van der Waals surface area contributed by atoms with Gasteiger partial charge in [-0.05, 0) is 17.2 Å². The molecule has 2 aromatic rings. The van der Waals surface area contributed by atoms with Gasteiger partial charge in [0.05, 0.1) is 18.1 Å². The van der Waals surface area contributed by atoms with Crippen molar-refractivity contribution in [3.05, 3.63) is 63.2 Å². The molecule has 1 spiro atoms. The number of hydroxylamine groups is 2. The molecule has 0 aromatic heterocycles. The Balaban J connectivity index is 1.09. The standard InChI is InChI=1S/C24H22ClN3O9/c25-19-6-5-17(28(32)33)13-18(19)16-3-1-15(2-4-16)14-34-12-11-26-9-7-24(8-10-26)22-27(23(31)36-24)37-21(30)20(29)35-22/h1-6,13,22H,7-12,14H2. The first-order chi connectivity index (χ1) is 17.8. The summed E-state index contributed by atoms with van der Waals surface area (Å²) in [6.07, 6.45) is -1.11. The van der Waals surface area contributed by atoms with E-state index in [-0.39, 0.29) is 5.69 Å². The van der Waals surface area contributed by atoms with E-state index in [1.165, 1.54) is 18.2 Å². The van der Waals surface area contributed by atoms with Crippen molar-refractivity contribution in [1.29, 1.82) is 0 Å². The Morgan fingerprint density at radius 1 is 1.08 bits per heavy atom. The quantitative estimate of drug-likeness (QED) is 0.172. The van der Waals surface area contributed by atoms with Gasteiger partial charge >= 0.3 is 18.0 Å². The van der Waals surface area contributed by atoms with Crippen molar-refractivity contribution in [1.82, 2.24) is 9.96 Å². The summed E-state index contributed by atoms with van der Waals surface area (Å²) in [5, 5.41) is 12.2. The number of piperidine rings is 1. The Morgan fingerprint density at radius 2 is 1.81 bits per heavy atom. The van der Waals surface area contributed by atoms with E-state index in [2.05, 4.69) is 4.90 Å². The number of ether oxygens (including phenoxy) is 3. The minimum atomic E-state index is -1.25. The van der Waals surface area contributed by atoms with Gasteiger partial charge in [0.15, 0.2) is 5.60 Å². The summed E-state index contributed by atoms with van der Waals surface area (Å²) in [7, 11) is 0. The third kappa shape index (κ3) is 4.95. The zero-order chi connectivity index (χ0) is 26.2. The topological polar surface area (TPSA) is 138 Å². The normalized spacial score (nSPS) is 20.8. The molecule has 0 N–H and O–H groups in total. The first-order valence-corrected chi connectivity index (χ1v) is 11.9. The molecule has 37 heavy (non-hydrogen) atoms. The van der Waals surface area contributed by atoms with Crippen LogP contribution in [0.2, 0.25) is 5.02 Å². The van der Waals surface area contributed by atoms with Gasteiger partial charge in [0.25, 0.3) is 11.9 Å². The third-order valence-electron chi connectivity index (χ3n) is 6.65. The number of halogens is 1. The highest BCUT2D eigenvalue weighted by Gasteiger charge is 2.62. The monoisotopic (exact) mass is 531 g/mol. The van der Waals surface area contributed by atoms with E-state index in [0.29, 0.717) is 61.3 Å². The molecular formula is C24H22ClN3O9. The molecule has 13 heteroatoms. The molecule has 3 heterocycles. The fourth-order valence-electron chi connectivity index (χ4n) is 4.61. The molecule has 0 aliphatic carbocycles. The molecule has 3 aliphatic rings. The number of benzene rings is 2. The van der Waals surface area contributed by atoms with Gasteiger partial charge in [0, 0.05) is 55.2 Å². The summed E-state index contributed by atoms with van der Waals surface area (Å²) in [6, 6.07) is 11.8. The zero-order valence-corrected chi connectivity index (χ0v) is 20.2. The van der Waals surface area contributed by atoms with Crippen molar-refractivity contribution in [2.75, 3.05) is 26.2 Å². The van der Waals surface area contributed by atoms with Crippen LogP contribution in [0.15, 0.2) is 42.5 Å². The van der Waals surface area contributed by atoms with Crippen molar-refractivity contribution in [3.63, 3.8) is 0 Å². The molecule has 0 bridgehead atoms. The van der Waals surface area contributed by atoms with E-state index >= 15 is 0 Å². The molecule has 0 saturated carbocycles. The summed E-state index contributed by atoms with van der Waals surface area (Å²) in [5.41, 5.74) is 1.22. The molecule has 194 valence electrons. The van der Waals surface area contributed by atoms with Crippen LogP contribution in [0.4, 0.5) is 10.5 Å². The van der Waals surface area contributed by atoms with E-state index < -0.39 is 34.8 Å². The zero-order valence-electron chi connectivity index (χ0n) is 19.5. The Morgan fingerprint density at radius 3 is 2.51 bits per heavy atom. The van der Waals surface area contributed by atoms with Crippen molar-refractivity contribution in [2.45, 2.75) is 31.3 Å². The number of nitrogens with zero attached hydrogens (tertiary/aromatic N) is 3. The highest BCUT2D eigenvalue weighted by atomic mass is 35.5. The number of nitro groups is 1. The van der Waals surface area contributed by atoms with Crippen LogP contribution >= 0.6 is 11.6 Å². The lowest BCUT2D eigenvalue weighted by Crippen LogP contribution is -2.57. The average Bonchev–Trinajstić information content (AvgIpc) is 3.14. The van der Waals surface area contributed by atoms with Gasteiger partial charge in [-0.1, -0.05) is 40.9 Å². The molecule has 3 saturated heterocycles. The van der Waals surface area contributed by atoms with Crippen LogP contribution in [-0.2, 0) is 35.2 Å². The first kappa shape index (κ1) is 24.9. The highest BCUT2D eigenvalue weighted by Crippen LogP contribution is 2.41. The van der Waals surface area contributed by atoms with E-state index in [1.807, 2.05) is 24.3 Å². The predicted molar refractivity (Wildman–Crippen MR) is 126 cm³/mol. The number of rotatable bonds is 7. The van der Waals surface area contributed by atoms with Gasteiger partial charge < -0.3 is 23.9 Å². The second-order valence-electron chi connectivity index (χ2n) is 8.91. The summed E-state index contributed by atoms with van der Waals surface area (Å²) >= 11 is 6.22. The molecule has 1 atom stereocenters. The minimum Gasteiger partial charge on any atom is -0.434 e. The largest absolute Gasteiger partial charge is 0.447 e. The van der Waals surface area contributed by atoms with Crippen molar-refractivity contribution >= 4 is 35.3 Å². The van der Waals surface area contributed by atoms with Crippen LogP contribution in [0.5, 0.6) is 0 Å². The van der Waals surface area contributed by atoms with Crippen molar-refractivity contribution in [3.8, 4) is 11.1 Å². The second-order valence-corrected chi connectivity index (χ2v) is 9.31. The second kappa shape index (κ2) is 9.96. The summed E-state index contributed by atoms with van der Waals surface area (Å²) < 4.78 is 16.4. The smallest absolute Gasteiger partial charge is 0.434 e. The average molecular weight is 532 g/mol. The maximum atomic E-state index is 12.1. The van der Waals surface area contributed by atoms with Crippen LogP contribution in [0.25, 0.3) is 11.1 Å². The Bertz CT molecular complexity index is 1240. The Labute approximate surface area is 215 Å². The number of amides is 1. The van der Waals surface area contributed by atoms with Gasteiger partial charge in [0.2, 0.25) is 0 Å². The van der Waals surface area contributed by atoms with Gasteiger partial charge in [-0.15, -0.1) is 0 Å². The minimum absolute atomic E-state index is 0.0259. The van der Waals surface area contributed by atoms with Gasteiger partial charge in [0.1, 0.15) is 0 Å². The van der Waals surface area contributed by atoms with Gasteiger partial charge in [-0.3, -0.25) is 10.1 Å². The number of fused-ring (bicyclic) bond motifs is 2. The predicted octanol–water partition coefficient (Wildman–Crippen LogP) is 3.06. The number of carbonyl (C=O) groups is 3. The number of hydrogen-bond donors (Lipinski definition) is 0. The number of carbonyl (C=O) groups excluding carboxylic acids is 3. The summed E-state index contributed by atoms with van der Waals surface area (Å²) in [4.78, 5) is 52.6. The molecule has 1 unspecified atom stereocenters. The maximum absolute atomic E-state index is 12.1.